The highest BCUT2D eigenvalue weighted by Gasteiger charge is 2.14. The van der Waals surface area contributed by atoms with Crippen LogP contribution in [0.2, 0.25) is 0 Å². The quantitative estimate of drug-likeness (QED) is 0.802. The van der Waals surface area contributed by atoms with Crippen molar-refractivity contribution in [1.29, 1.82) is 0 Å². The largest absolute Gasteiger partial charge is 0.383 e. The molecule has 0 atom stereocenters. The maximum atomic E-state index is 12.4. The highest BCUT2D eigenvalue weighted by atomic mass is 16.5. The molecule has 0 saturated heterocycles. The summed E-state index contributed by atoms with van der Waals surface area (Å²) in [5.74, 6) is -0.488. The Labute approximate surface area is 142 Å². The molecule has 2 aromatic carbocycles. The fourth-order valence-corrected chi connectivity index (χ4v) is 2.23. The zero-order chi connectivity index (χ0) is 17.5. The van der Waals surface area contributed by atoms with E-state index in [1.165, 1.54) is 0 Å². The molecule has 2 rings (SSSR count). The third-order valence-corrected chi connectivity index (χ3v) is 3.78. The normalized spacial score (nSPS) is 10.3. The summed E-state index contributed by atoms with van der Waals surface area (Å²) in [5.41, 5.74) is 3.65. The number of anilines is 1. The van der Waals surface area contributed by atoms with Crippen molar-refractivity contribution in [2.24, 2.45) is 0 Å². The molecule has 0 heterocycles. The van der Waals surface area contributed by atoms with Crippen molar-refractivity contribution in [2.45, 2.75) is 13.8 Å². The summed E-state index contributed by atoms with van der Waals surface area (Å²) < 4.78 is 4.92. The van der Waals surface area contributed by atoms with Crippen molar-refractivity contribution >= 4 is 17.5 Å². The van der Waals surface area contributed by atoms with Gasteiger partial charge in [0.25, 0.3) is 11.8 Å². The molecule has 0 aliphatic rings. The Morgan fingerprint density at radius 2 is 1.75 bits per heavy atom. The summed E-state index contributed by atoms with van der Waals surface area (Å²) in [6.07, 6.45) is 0. The Hall–Kier alpha value is -2.66. The molecule has 0 aliphatic heterocycles. The maximum absolute atomic E-state index is 12.4. The average molecular weight is 326 g/mol. The lowest BCUT2D eigenvalue weighted by atomic mass is 10.1. The minimum Gasteiger partial charge on any atom is -0.383 e. The van der Waals surface area contributed by atoms with Crippen molar-refractivity contribution in [3.05, 3.63) is 64.7 Å². The molecule has 0 saturated carbocycles. The topological polar surface area (TPSA) is 67.4 Å². The number of ether oxygens (including phenoxy) is 1. The van der Waals surface area contributed by atoms with Gasteiger partial charge in [-0.05, 0) is 49.2 Å². The molecule has 2 aromatic rings. The molecule has 0 aromatic heterocycles. The number of carbonyl (C=O) groups is 2. The molecule has 5 nitrogen and oxygen atoms in total. The lowest BCUT2D eigenvalue weighted by molar-refractivity contribution is 0.0938. The second kappa shape index (κ2) is 8.26. The molecule has 0 fully saturated rings. The maximum Gasteiger partial charge on any atom is 0.255 e. The number of hydrogen-bond acceptors (Lipinski definition) is 3. The number of hydrogen-bond donors (Lipinski definition) is 2. The number of aryl methyl sites for hydroxylation is 2. The van der Waals surface area contributed by atoms with Crippen LogP contribution in [-0.2, 0) is 4.74 Å². The lowest BCUT2D eigenvalue weighted by Gasteiger charge is -2.12. The van der Waals surface area contributed by atoms with E-state index in [4.69, 9.17) is 4.74 Å². The van der Waals surface area contributed by atoms with E-state index < -0.39 is 0 Å². The first-order chi connectivity index (χ1) is 11.5. The van der Waals surface area contributed by atoms with E-state index in [2.05, 4.69) is 10.6 Å². The van der Waals surface area contributed by atoms with Gasteiger partial charge in [-0.3, -0.25) is 9.59 Å². The third-order valence-electron chi connectivity index (χ3n) is 3.78. The average Bonchev–Trinajstić information content (AvgIpc) is 2.58. The van der Waals surface area contributed by atoms with Gasteiger partial charge < -0.3 is 15.4 Å². The molecule has 126 valence electrons. The molecule has 0 bridgehead atoms. The van der Waals surface area contributed by atoms with E-state index >= 15 is 0 Å². The molecule has 2 amide bonds. The Morgan fingerprint density at radius 1 is 1.00 bits per heavy atom. The summed E-state index contributed by atoms with van der Waals surface area (Å²) in [7, 11) is 1.57. The van der Waals surface area contributed by atoms with Crippen LogP contribution >= 0.6 is 0 Å². The predicted octanol–water partition coefficient (Wildman–Crippen LogP) is 2.93. The highest BCUT2D eigenvalue weighted by Crippen LogP contribution is 2.17. The second-order valence-corrected chi connectivity index (χ2v) is 5.55. The number of carbonyl (C=O) groups excluding carboxylic acids is 2. The van der Waals surface area contributed by atoms with Gasteiger partial charge in [0.1, 0.15) is 0 Å². The van der Waals surface area contributed by atoms with Gasteiger partial charge in [-0.25, -0.2) is 0 Å². The molecule has 5 heteroatoms. The fourth-order valence-electron chi connectivity index (χ4n) is 2.23. The Bertz CT molecular complexity index is 741. The molecular formula is C19H22N2O3. The van der Waals surface area contributed by atoms with Gasteiger partial charge >= 0.3 is 0 Å². The van der Waals surface area contributed by atoms with E-state index in [1.54, 1.807) is 37.4 Å². The molecule has 2 N–H and O–H groups in total. The number of amides is 2. The van der Waals surface area contributed by atoms with Gasteiger partial charge in [-0.15, -0.1) is 0 Å². The van der Waals surface area contributed by atoms with E-state index in [0.717, 1.165) is 11.1 Å². The van der Waals surface area contributed by atoms with Crippen LogP contribution in [-0.4, -0.2) is 32.1 Å². The first-order valence-corrected chi connectivity index (χ1v) is 7.77. The van der Waals surface area contributed by atoms with Gasteiger partial charge in [0, 0.05) is 19.2 Å². The van der Waals surface area contributed by atoms with E-state index in [-0.39, 0.29) is 11.8 Å². The predicted molar refractivity (Wildman–Crippen MR) is 94.5 cm³/mol. The second-order valence-electron chi connectivity index (χ2n) is 5.55. The molecule has 24 heavy (non-hydrogen) atoms. The number of benzene rings is 2. The number of methoxy groups -OCH3 is 1. The van der Waals surface area contributed by atoms with Gasteiger partial charge in [0.15, 0.2) is 0 Å². The third kappa shape index (κ3) is 4.43. The minimum absolute atomic E-state index is 0.241. The minimum atomic E-state index is -0.247. The van der Waals surface area contributed by atoms with Crippen LogP contribution in [0.25, 0.3) is 0 Å². The van der Waals surface area contributed by atoms with Crippen LogP contribution < -0.4 is 10.6 Å². The highest BCUT2D eigenvalue weighted by molar-refractivity contribution is 6.09. The summed E-state index contributed by atoms with van der Waals surface area (Å²) in [6.45, 7) is 4.80. The zero-order valence-electron chi connectivity index (χ0n) is 14.2. The summed E-state index contributed by atoms with van der Waals surface area (Å²) in [5, 5.41) is 5.57. The Kier molecular flexibility index (Phi) is 6.09. The molecule has 0 unspecified atom stereocenters. The van der Waals surface area contributed by atoms with Crippen molar-refractivity contribution in [3.8, 4) is 0 Å². The van der Waals surface area contributed by atoms with Crippen LogP contribution in [0, 0.1) is 13.8 Å². The van der Waals surface area contributed by atoms with Crippen LogP contribution in [0.15, 0.2) is 42.5 Å². The van der Waals surface area contributed by atoms with Crippen LogP contribution in [0.5, 0.6) is 0 Å². The number of nitrogens with one attached hydrogen (secondary N) is 2. The number of rotatable bonds is 6. The first-order valence-electron chi connectivity index (χ1n) is 7.77. The smallest absolute Gasteiger partial charge is 0.255 e. The van der Waals surface area contributed by atoms with Crippen molar-refractivity contribution in [1.82, 2.24) is 5.32 Å². The Balaban J connectivity index is 2.15. The van der Waals surface area contributed by atoms with Gasteiger partial charge in [0.2, 0.25) is 0 Å². The molecule has 0 radical (unpaired) electrons. The number of para-hydroxylation sites is 1. The molecule has 0 aliphatic carbocycles. The van der Waals surface area contributed by atoms with Crippen molar-refractivity contribution in [3.63, 3.8) is 0 Å². The van der Waals surface area contributed by atoms with E-state index in [9.17, 15) is 9.59 Å². The van der Waals surface area contributed by atoms with Gasteiger partial charge in [-0.1, -0.05) is 18.2 Å². The van der Waals surface area contributed by atoms with Crippen LogP contribution in [0.1, 0.15) is 31.8 Å². The van der Waals surface area contributed by atoms with Gasteiger partial charge in [-0.2, -0.15) is 0 Å². The molecular weight excluding hydrogens is 304 g/mol. The first kappa shape index (κ1) is 17.7. The van der Waals surface area contributed by atoms with Crippen molar-refractivity contribution in [2.75, 3.05) is 25.6 Å². The van der Waals surface area contributed by atoms with E-state index in [0.29, 0.717) is 30.0 Å². The summed E-state index contributed by atoms with van der Waals surface area (Å²) >= 11 is 0. The van der Waals surface area contributed by atoms with Crippen LogP contribution in [0.4, 0.5) is 5.69 Å². The monoisotopic (exact) mass is 326 g/mol. The lowest BCUT2D eigenvalue weighted by Crippen LogP contribution is -2.28. The molecule has 0 spiro atoms. The van der Waals surface area contributed by atoms with Crippen LogP contribution in [0.3, 0.4) is 0 Å². The van der Waals surface area contributed by atoms with E-state index in [1.807, 2.05) is 26.0 Å². The zero-order valence-corrected chi connectivity index (χ0v) is 14.2. The standard InChI is InChI=1S/C19H22N2O3/c1-13-8-9-15(12-14(13)2)18(22)21-17-7-5-4-6-16(17)19(23)20-10-11-24-3/h4-9,12H,10-11H2,1-3H3,(H,20,23)(H,21,22). The summed E-state index contributed by atoms with van der Waals surface area (Å²) in [6, 6.07) is 12.5. The Morgan fingerprint density at radius 3 is 2.46 bits per heavy atom. The summed E-state index contributed by atoms with van der Waals surface area (Å²) in [4.78, 5) is 24.7. The van der Waals surface area contributed by atoms with Crippen molar-refractivity contribution < 1.29 is 14.3 Å². The SMILES string of the molecule is COCCNC(=O)c1ccccc1NC(=O)c1ccc(C)c(C)c1. The van der Waals surface area contributed by atoms with Gasteiger partial charge in [0.05, 0.1) is 17.9 Å². The fraction of sp³-hybridized carbons (Fsp3) is 0.263.